The third kappa shape index (κ3) is 7.12. The van der Waals surface area contributed by atoms with Gasteiger partial charge in [-0.15, -0.1) is 0 Å². The van der Waals surface area contributed by atoms with Crippen LogP contribution < -0.4 is 14.8 Å². The summed E-state index contributed by atoms with van der Waals surface area (Å²) < 4.78 is 11.3. The van der Waals surface area contributed by atoms with Crippen molar-refractivity contribution in [1.29, 1.82) is 0 Å². The van der Waals surface area contributed by atoms with Gasteiger partial charge in [0.2, 0.25) is 0 Å². The van der Waals surface area contributed by atoms with Crippen molar-refractivity contribution in [2.45, 2.75) is 27.4 Å². The zero-order valence-electron chi connectivity index (χ0n) is 19.2. The van der Waals surface area contributed by atoms with E-state index < -0.39 is 11.9 Å². The molecule has 0 saturated heterocycles. The third-order valence-electron chi connectivity index (χ3n) is 5.00. The Morgan fingerprint density at radius 1 is 0.912 bits per heavy atom. The first-order chi connectivity index (χ1) is 16.2. The summed E-state index contributed by atoms with van der Waals surface area (Å²) in [5, 5.41) is 12.5. The summed E-state index contributed by atoms with van der Waals surface area (Å²) in [6.07, 6.45) is 1.38. The van der Waals surface area contributed by atoms with Gasteiger partial charge in [0.15, 0.2) is 6.61 Å². The van der Waals surface area contributed by atoms with Crippen LogP contribution in [0.5, 0.6) is 11.5 Å². The first kappa shape index (κ1) is 24.9. The number of carboxylic acids is 1. The molecular weight excluding hydrogens is 454 g/mol. The molecule has 7 heteroatoms. The average Bonchev–Trinajstić information content (AvgIpc) is 2.81. The summed E-state index contributed by atoms with van der Waals surface area (Å²) >= 11 is 6.14. The molecule has 0 aliphatic rings. The van der Waals surface area contributed by atoms with Gasteiger partial charge in [0.1, 0.15) is 23.8 Å². The fraction of sp³-hybridized carbons (Fsp3) is 0.185. The van der Waals surface area contributed by atoms with E-state index in [0.29, 0.717) is 28.7 Å². The number of rotatable bonds is 9. The number of carbonyl (C=O) groups is 2. The van der Waals surface area contributed by atoms with E-state index in [9.17, 15) is 14.7 Å². The molecule has 3 aromatic carbocycles. The van der Waals surface area contributed by atoms with E-state index >= 15 is 0 Å². The van der Waals surface area contributed by atoms with Gasteiger partial charge in [-0.3, -0.25) is 4.79 Å². The smallest absolute Gasteiger partial charge is 0.352 e. The standard InChI is InChI=1S/C27H26ClNO5/c1-17-4-6-21(7-5-17)15-33-22-10-8-20(9-11-22)14-24(27(31)32)29-25(30)16-34-23-12-18(2)26(28)19(3)13-23/h4-14H,15-16H2,1-3H3,(H,29,30)(H,31,32)/b24-14+. The Morgan fingerprint density at radius 2 is 1.53 bits per heavy atom. The van der Waals surface area contributed by atoms with Gasteiger partial charge in [-0.25, -0.2) is 4.79 Å². The molecule has 0 bridgehead atoms. The van der Waals surface area contributed by atoms with Crippen LogP contribution in [0.4, 0.5) is 0 Å². The number of hydrogen-bond donors (Lipinski definition) is 2. The molecule has 176 valence electrons. The van der Waals surface area contributed by atoms with Crippen molar-refractivity contribution in [3.63, 3.8) is 0 Å². The van der Waals surface area contributed by atoms with Crippen LogP contribution in [0.3, 0.4) is 0 Å². The number of carbonyl (C=O) groups excluding carboxylic acids is 1. The van der Waals surface area contributed by atoms with E-state index in [4.69, 9.17) is 21.1 Å². The number of amides is 1. The molecule has 3 aromatic rings. The highest BCUT2D eigenvalue weighted by Crippen LogP contribution is 2.25. The molecule has 0 heterocycles. The van der Waals surface area contributed by atoms with Crippen molar-refractivity contribution in [1.82, 2.24) is 5.32 Å². The molecule has 0 radical (unpaired) electrons. The summed E-state index contributed by atoms with van der Waals surface area (Å²) in [5.41, 5.74) is 4.24. The van der Waals surface area contributed by atoms with E-state index in [0.717, 1.165) is 16.7 Å². The molecule has 0 atom stereocenters. The molecule has 0 aromatic heterocycles. The Bertz CT molecular complexity index is 1180. The fourth-order valence-electron chi connectivity index (χ4n) is 3.15. The zero-order chi connectivity index (χ0) is 24.7. The normalized spacial score (nSPS) is 11.1. The van der Waals surface area contributed by atoms with E-state index in [1.54, 1.807) is 36.4 Å². The summed E-state index contributed by atoms with van der Waals surface area (Å²) in [4.78, 5) is 23.9. The largest absolute Gasteiger partial charge is 0.489 e. The van der Waals surface area contributed by atoms with Crippen LogP contribution in [0, 0.1) is 20.8 Å². The van der Waals surface area contributed by atoms with Gasteiger partial charge in [-0.1, -0.05) is 53.6 Å². The predicted molar refractivity (Wildman–Crippen MR) is 132 cm³/mol. The van der Waals surface area contributed by atoms with Gasteiger partial charge < -0.3 is 19.9 Å². The summed E-state index contributed by atoms with van der Waals surface area (Å²) in [7, 11) is 0. The van der Waals surface area contributed by atoms with Crippen LogP contribution in [0.1, 0.15) is 27.8 Å². The Labute approximate surface area is 203 Å². The van der Waals surface area contributed by atoms with Crippen molar-refractivity contribution >= 4 is 29.6 Å². The highest BCUT2D eigenvalue weighted by Gasteiger charge is 2.13. The van der Waals surface area contributed by atoms with Gasteiger partial charge in [0, 0.05) is 5.02 Å². The van der Waals surface area contributed by atoms with E-state index in [1.807, 2.05) is 45.0 Å². The minimum absolute atomic E-state index is 0.259. The van der Waals surface area contributed by atoms with Crippen molar-refractivity contribution in [3.8, 4) is 11.5 Å². The number of aliphatic carboxylic acids is 1. The first-order valence-corrected chi connectivity index (χ1v) is 11.0. The first-order valence-electron chi connectivity index (χ1n) is 10.6. The molecule has 0 unspecified atom stereocenters. The molecule has 34 heavy (non-hydrogen) atoms. The second-order valence-electron chi connectivity index (χ2n) is 7.91. The van der Waals surface area contributed by atoms with Gasteiger partial charge in [0.05, 0.1) is 0 Å². The van der Waals surface area contributed by atoms with Crippen LogP contribution in [0.25, 0.3) is 6.08 Å². The van der Waals surface area contributed by atoms with Crippen molar-refractivity contribution < 1.29 is 24.2 Å². The lowest BCUT2D eigenvalue weighted by molar-refractivity contribution is -0.134. The molecule has 0 spiro atoms. The SMILES string of the molecule is Cc1ccc(COc2ccc(/C=C(/NC(=O)COc3cc(C)c(Cl)c(C)c3)C(=O)O)cc2)cc1. The number of benzene rings is 3. The molecule has 0 saturated carbocycles. The monoisotopic (exact) mass is 479 g/mol. The Kier molecular flexibility index (Phi) is 8.33. The van der Waals surface area contributed by atoms with Gasteiger partial charge in [-0.05, 0) is 73.4 Å². The topological polar surface area (TPSA) is 84.9 Å². The maximum absolute atomic E-state index is 12.3. The summed E-state index contributed by atoms with van der Waals surface area (Å²) in [6, 6.07) is 18.4. The molecule has 0 aliphatic heterocycles. The fourth-order valence-corrected chi connectivity index (χ4v) is 3.26. The highest BCUT2D eigenvalue weighted by atomic mass is 35.5. The van der Waals surface area contributed by atoms with Crippen LogP contribution in [-0.4, -0.2) is 23.6 Å². The minimum Gasteiger partial charge on any atom is -0.489 e. The summed E-state index contributed by atoms with van der Waals surface area (Å²) in [5.74, 6) is -0.708. The number of aryl methyl sites for hydroxylation is 3. The van der Waals surface area contributed by atoms with Crippen LogP contribution >= 0.6 is 11.6 Å². The number of ether oxygens (including phenoxy) is 2. The molecule has 1 amide bonds. The molecular formula is C27H26ClNO5. The van der Waals surface area contributed by atoms with Gasteiger partial charge in [0.25, 0.3) is 5.91 Å². The van der Waals surface area contributed by atoms with Gasteiger partial charge >= 0.3 is 5.97 Å². The lowest BCUT2D eigenvalue weighted by atomic mass is 10.1. The predicted octanol–water partition coefficient (Wildman–Crippen LogP) is 5.46. The highest BCUT2D eigenvalue weighted by molar-refractivity contribution is 6.32. The van der Waals surface area contributed by atoms with E-state index in [2.05, 4.69) is 5.32 Å². The number of carboxylic acid groups (broad SMARTS) is 1. The minimum atomic E-state index is -1.26. The van der Waals surface area contributed by atoms with Crippen molar-refractivity contribution in [3.05, 3.63) is 99.2 Å². The van der Waals surface area contributed by atoms with Crippen LogP contribution in [-0.2, 0) is 16.2 Å². The van der Waals surface area contributed by atoms with E-state index in [-0.39, 0.29) is 12.3 Å². The summed E-state index contributed by atoms with van der Waals surface area (Å²) in [6.45, 7) is 5.80. The molecule has 2 N–H and O–H groups in total. The quantitative estimate of drug-likeness (QED) is 0.398. The van der Waals surface area contributed by atoms with Crippen molar-refractivity contribution in [2.75, 3.05) is 6.61 Å². The number of halogens is 1. The lowest BCUT2D eigenvalue weighted by Gasteiger charge is -2.11. The number of hydrogen-bond acceptors (Lipinski definition) is 4. The van der Waals surface area contributed by atoms with Gasteiger partial charge in [-0.2, -0.15) is 0 Å². The molecule has 0 aliphatic carbocycles. The molecule has 6 nitrogen and oxygen atoms in total. The second kappa shape index (κ2) is 11.4. The maximum Gasteiger partial charge on any atom is 0.352 e. The Morgan fingerprint density at radius 3 is 2.12 bits per heavy atom. The number of nitrogens with one attached hydrogen (secondary N) is 1. The Balaban J connectivity index is 1.58. The van der Waals surface area contributed by atoms with E-state index in [1.165, 1.54) is 11.6 Å². The maximum atomic E-state index is 12.3. The second-order valence-corrected chi connectivity index (χ2v) is 8.29. The average molecular weight is 480 g/mol. The van der Waals surface area contributed by atoms with Crippen molar-refractivity contribution in [2.24, 2.45) is 0 Å². The third-order valence-corrected chi connectivity index (χ3v) is 5.60. The molecule has 0 fully saturated rings. The van der Waals surface area contributed by atoms with Crippen LogP contribution in [0.2, 0.25) is 5.02 Å². The van der Waals surface area contributed by atoms with Crippen LogP contribution in [0.15, 0.2) is 66.4 Å². The Hall–Kier alpha value is -3.77. The molecule has 3 rings (SSSR count). The zero-order valence-corrected chi connectivity index (χ0v) is 20.0. The lowest BCUT2D eigenvalue weighted by Crippen LogP contribution is -2.31.